The predicted octanol–water partition coefficient (Wildman–Crippen LogP) is 1.89. The smallest absolute Gasteiger partial charge is 0.270 e. The number of hydrogen-bond acceptors (Lipinski definition) is 5. The topological polar surface area (TPSA) is 124 Å². The summed E-state index contributed by atoms with van der Waals surface area (Å²) in [5.41, 5.74) is 6.47. The molecule has 0 aliphatic heterocycles. The van der Waals surface area contributed by atoms with E-state index in [4.69, 9.17) is 5.73 Å². The summed E-state index contributed by atoms with van der Waals surface area (Å²) in [5, 5.41) is 10.9. The van der Waals surface area contributed by atoms with Crippen molar-refractivity contribution in [1.29, 1.82) is 0 Å². The Morgan fingerprint density at radius 3 is 2.24 bits per heavy atom. The lowest BCUT2D eigenvalue weighted by molar-refractivity contribution is -0.385. The number of aryl methyl sites for hydroxylation is 2. The van der Waals surface area contributed by atoms with E-state index in [0.29, 0.717) is 16.8 Å². The fourth-order valence-electron chi connectivity index (χ4n) is 2.51. The van der Waals surface area contributed by atoms with Crippen LogP contribution in [0.15, 0.2) is 47.4 Å². The first kappa shape index (κ1) is 18.4. The van der Waals surface area contributed by atoms with Gasteiger partial charge < -0.3 is 5.73 Å². The second-order valence-electron chi connectivity index (χ2n) is 5.47. The summed E-state index contributed by atoms with van der Waals surface area (Å²) in [6, 6.07) is 9.84. The fraction of sp³-hybridized carbons (Fsp3) is 0.188. The first-order chi connectivity index (χ1) is 11.6. The molecule has 0 aliphatic carbocycles. The molecule has 132 valence electrons. The van der Waals surface area contributed by atoms with Gasteiger partial charge in [0.1, 0.15) is 6.54 Å². The third kappa shape index (κ3) is 3.77. The Kier molecular flexibility index (Phi) is 5.07. The zero-order valence-electron chi connectivity index (χ0n) is 13.7. The molecule has 2 rings (SSSR count). The van der Waals surface area contributed by atoms with Crippen LogP contribution in [0.25, 0.3) is 0 Å². The number of nitro benzene ring substituents is 1. The van der Waals surface area contributed by atoms with E-state index in [1.807, 2.05) is 0 Å². The molecule has 0 spiro atoms. The average Bonchev–Trinajstić information content (AvgIpc) is 2.53. The fourth-order valence-corrected chi connectivity index (χ4v) is 4.11. The number of hydrogen-bond donors (Lipinski definition) is 1. The Labute approximate surface area is 145 Å². The van der Waals surface area contributed by atoms with Crippen LogP contribution < -0.4 is 10.0 Å². The van der Waals surface area contributed by atoms with E-state index >= 15 is 0 Å². The summed E-state index contributed by atoms with van der Waals surface area (Å²) in [6.45, 7) is 2.84. The van der Waals surface area contributed by atoms with Crippen LogP contribution in [-0.4, -0.2) is 25.8 Å². The summed E-state index contributed by atoms with van der Waals surface area (Å²) in [4.78, 5) is 21.4. The molecule has 25 heavy (non-hydrogen) atoms. The number of anilines is 1. The quantitative estimate of drug-likeness (QED) is 0.620. The lowest BCUT2D eigenvalue weighted by atomic mass is 10.1. The van der Waals surface area contributed by atoms with Crippen LogP contribution in [-0.2, 0) is 14.8 Å². The van der Waals surface area contributed by atoms with Gasteiger partial charge in [-0.25, -0.2) is 8.42 Å². The van der Waals surface area contributed by atoms with Crippen LogP contribution in [0, 0.1) is 24.0 Å². The molecule has 2 N–H and O–H groups in total. The molecule has 0 fully saturated rings. The van der Waals surface area contributed by atoms with E-state index in [1.165, 1.54) is 18.2 Å². The number of sulfonamides is 1. The van der Waals surface area contributed by atoms with Crippen LogP contribution in [0.1, 0.15) is 11.1 Å². The zero-order valence-corrected chi connectivity index (χ0v) is 14.5. The van der Waals surface area contributed by atoms with Crippen molar-refractivity contribution in [1.82, 2.24) is 0 Å². The van der Waals surface area contributed by atoms with Gasteiger partial charge in [0.25, 0.3) is 15.7 Å². The van der Waals surface area contributed by atoms with Crippen molar-refractivity contribution >= 4 is 27.3 Å². The Morgan fingerprint density at radius 1 is 1.16 bits per heavy atom. The third-order valence-electron chi connectivity index (χ3n) is 3.60. The minimum atomic E-state index is -4.22. The maximum Gasteiger partial charge on any atom is 0.270 e. The maximum absolute atomic E-state index is 13.0. The maximum atomic E-state index is 13.0. The molecular formula is C16H17N3O5S. The van der Waals surface area contributed by atoms with Gasteiger partial charge in [-0.1, -0.05) is 24.3 Å². The van der Waals surface area contributed by atoms with Crippen molar-refractivity contribution in [2.75, 3.05) is 10.8 Å². The number of non-ortho nitro benzene ring substituents is 1. The molecule has 0 aromatic heterocycles. The van der Waals surface area contributed by atoms with Crippen molar-refractivity contribution in [3.63, 3.8) is 0 Å². The van der Waals surface area contributed by atoms with Gasteiger partial charge in [-0.3, -0.25) is 19.2 Å². The molecule has 0 radical (unpaired) electrons. The van der Waals surface area contributed by atoms with Crippen LogP contribution in [0.4, 0.5) is 11.4 Å². The summed E-state index contributed by atoms with van der Waals surface area (Å²) in [7, 11) is -4.22. The van der Waals surface area contributed by atoms with Gasteiger partial charge in [-0.15, -0.1) is 0 Å². The SMILES string of the molecule is Cc1cccc(C)c1N(CC(N)=O)S(=O)(=O)c1cccc([N+](=O)[O-])c1. The second-order valence-corrected chi connectivity index (χ2v) is 7.34. The molecule has 1 amide bonds. The molecule has 2 aromatic rings. The molecule has 8 nitrogen and oxygen atoms in total. The van der Waals surface area contributed by atoms with Crippen LogP contribution in [0.5, 0.6) is 0 Å². The number of benzene rings is 2. The summed E-state index contributed by atoms with van der Waals surface area (Å²) < 4.78 is 27.0. The summed E-state index contributed by atoms with van der Waals surface area (Å²) >= 11 is 0. The highest BCUT2D eigenvalue weighted by atomic mass is 32.2. The van der Waals surface area contributed by atoms with Crippen LogP contribution in [0.2, 0.25) is 0 Å². The first-order valence-electron chi connectivity index (χ1n) is 7.26. The Bertz CT molecular complexity index is 920. The number of carbonyl (C=O) groups excluding carboxylic acids is 1. The number of primary amides is 1. The Morgan fingerprint density at radius 2 is 1.72 bits per heavy atom. The van der Waals surface area contributed by atoms with E-state index in [-0.39, 0.29) is 10.6 Å². The molecule has 0 bridgehead atoms. The number of nitrogens with zero attached hydrogens (tertiary/aromatic N) is 2. The van der Waals surface area contributed by atoms with Crippen molar-refractivity contribution in [2.24, 2.45) is 5.73 Å². The molecule has 2 aromatic carbocycles. The molecule has 9 heteroatoms. The van der Waals surface area contributed by atoms with Gasteiger partial charge in [0.2, 0.25) is 5.91 Å². The Hall–Kier alpha value is -2.94. The summed E-state index contributed by atoms with van der Waals surface area (Å²) in [5.74, 6) is -0.836. The molecule has 0 unspecified atom stereocenters. The van der Waals surface area contributed by atoms with E-state index in [9.17, 15) is 23.3 Å². The third-order valence-corrected chi connectivity index (χ3v) is 5.35. The van der Waals surface area contributed by atoms with Crippen molar-refractivity contribution < 1.29 is 18.1 Å². The molecule has 0 heterocycles. The minimum absolute atomic E-state index is 0.286. The van der Waals surface area contributed by atoms with Gasteiger partial charge in [-0.05, 0) is 31.0 Å². The van der Waals surface area contributed by atoms with E-state index < -0.39 is 27.4 Å². The predicted molar refractivity (Wildman–Crippen MR) is 92.7 cm³/mol. The first-order valence-corrected chi connectivity index (χ1v) is 8.70. The van der Waals surface area contributed by atoms with Crippen molar-refractivity contribution in [2.45, 2.75) is 18.7 Å². The zero-order chi connectivity index (χ0) is 18.8. The van der Waals surface area contributed by atoms with E-state index in [1.54, 1.807) is 32.0 Å². The largest absolute Gasteiger partial charge is 0.368 e. The second kappa shape index (κ2) is 6.89. The Balaban J connectivity index is 2.67. The lowest BCUT2D eigenvalue weighted by Crippen LogP contribution is -2.39. The molecule has 0 atom stereocenters. The van der Waals surface area contributed by atoms with Gasteiger partial charge in [0, 0.05) is 12.1 Å². The van der Waals surface area contributed by atoms with Gasteiger partial charge in [0.15, 0.2) is 0 Å². The lowest BCUT2D eigenvalue weighted by Gasteiger charge is -2.26. The highest BCUT2D eigenvalue weighted by molar-refractivity contribution is 7.92. The molecule has 0 aliphatic rings. The van der Waals surface area contributed by atoms with Gasteiger partial charge >= 0.3 is 0 Å². The molecular weight excluding hydrogens is 346 g/mol. The number of rotatable bonds is 6. The number of amides is 1. The van der Waals surface area contributed by atoms with Gasteiger partial charge in [0.05, 0.1) is 15.5 Å². The molecule has 0 saturated carbocycles. The highest BCUT2D eigenvalue weighted by Crippen LogP contribution is 2.30. The monoisotopic (exact) mass is 363 g/mol. The van der Waals surface area contributed by atoms with E-state index in [0.717, 1.165) is 10.4 Å². The van der Waals surface area contributed by atoms with Crippen LogP contribution in [0.3, 0.4) is 0 Å². The number of nitrogens with two attached hydrogens (primary N) is 1. The summed E-state index contributed by atoms with van der Waals surface area (Å²) in [6.07, 6.45) is 0. The number of para-hydroxylation sites is 1. The van der Waals surface area contributed by atoms with Gasteiger partial charge in [-0.2, -0.15) is 0 Å². The van der Waals surface area contributed by atoms with Crippen molar-refractivity contribution in [3.8, 4) is 0 Å². The highest BCUT2D eigenvalue weighted by Gasteiger charge is 2.29. The number of carbonyl (C=O) groups is 1. The van der Waals surface area contributed by atoms with Crippen molar-refractivity contribution in [3.05, 3.63) is 63.7 Å². The normalized spacial score (nSPS) is 11.1. The molecule has 0 saturated heterocycles. The standard InChI is InChI=1S/C16H17N3O5S/c1-11-5-3-6-12(2)16(11)18(10-15(17)20)25(23,24)14-8-4-7-13(9-14)19(21)22/h3-9H,10H2,1-2H3,(H2,17,20). The van der Waals surface area contributed by atoms with E-state index in [2.05, 4.69) is 0 Å². The minimum Gasteiger partial charge on any atom is -0.368 e. The van der Waals surface area contributed by atoms with Crippen LogP contribution >= 0.6 is 0 Å². The number of nitro groups is 1. The average molecular weight is 363 g/mol.